The molecule has 0 spiro atoms. The Labute approximate surface area is 155 Å². The van der Waals surface area contributed by atoms with Crippen LogP contribution in [0.2, 0.25) is 0 Å². The molecule has 0 unspecified atom stereocenters. The summed E-state index contributed by atoms with van der Waals surface area (Å²) < 4.78 is 0. The van der Waals surface area contributed by atoms with Crippen molar-refractivity contribution in [1.29, 1.82) is 0 Å². The third-order valence-electron chi connectivity index (χ3n) is 5.98. The van der Waals surface area contributed by atoms with Gasteiger partial charge >= 0.3 is 6.03 Å². The van der Waals surface area contributed by atoms with Crippen molar-refractivity contribution in [3.8, 4) is 0 Å². The molecule has 2 fully saturated rings. The summed E-state index contributed by atoms with van der Waals surface area (Å²) in [5.74, 6) is -0.294. The summed E-state index contributed by atoms with van der Waals surface area (Å²) in [7, 11) is 0. The second kappa shape index (κ2) is 6.86. The van der Waals surface area contributed by atoms with Gasteiger partial charge in [-0.2, -0.15) is 0 Å². The summed E-state index contributed by atoms with van der Waals surface area (Å²) in [5.41, 5.74) is 2.60. The van der Waals surface area contributed by atoms with Crippen molar-refractivity contribution in [3.05, 3.63) is 34.4 Å². The van der Waals surface area contributed by atoms with Crippen molar-refractivity contribution >= 4 is 17.7 Å². The molecule has 1 atom stereocenters. The van der Waals surface area contributed by atoms with E-state index in [4.69, 9.17) is 0 Å². The van der Waals surface area contributed by atoms with Crippen molar-refractivity contribution in [1.82, 2.24) is 10.2 Å². The summed E-state index contributed by atoms with van der Waals surface area (Å²) >= 11 is 0. The largest absolute Gasteiger partial charge is 0.325 e. The minimum atomic E-state index is -0.880. The first kappa shape index (κ1) is 18.6. The minimum absolute atomic E-state index is 0.149. The number of nitrogens with zero attached hydrogens (tertiary/aromatic N) is 1. The van der Waals surface area contributed by atoms with Gasteiger partial charge < -0.3 is 5.32 Å². The van der Waals surface area contributed by atoms with Crippen LogP contribution in [-0.2, 0) is 4.79 Å². The van der Waals surface area contributed by atoms with Crippen LogP contribution in [0.15, 0.2) is 12.1 Å². The van der Waals surface area contributed by atoms with E-state index in [1.165, 1.54) is 6.42 Å². The fourth-order valence-electron chi connectivity index (χ4n) is 4.66. The summed E-state index contributed by atoms with van der Waals surface area (Å²) in [6.07, 6.45) is 5.25. The number of amides is 3. The van der Waals surface area contributed by atoms with Crippen LogP contribution >= 0.6 is 0 Å². The first-order valence-corrected chi connectivity index (χ1v) is 9.49. The topological polar surface area (TPSA) is 66.5 Å². The van der Waals surface area contributed by atoms with Crippen molar-refractivity contribution in [3.63, 3.8) is 0 Å². The summed E-state index contributed by atoms with van der Waals surface area (Å²) in [6.45, 7) is 7.39. The molecule has 140 valence electrons. The zero-order valence-corrected chi connectivity index (χ0v) is 16.1. The number of hydrogen-bond donors (Lipinski definition) is 1. The molecule has 1 aromatic carbocycles. The Morgan fingerprint density at radius 3 is 2.27 bits per heavy atom. The molecule has 2 aliphatic rings. The molecule has 1 aromatic rings. The van der Waals surface area contributed by atoms with E-state index in [-0.39, 0.29) is 24.2 Å². The highest BCUT2D eigenvalue weighted by atomic mass is 16.2. The van der Waals surface area contributed by atoms with Crippen LogP contribution in [0.3, 0.4) is 0 Å². The van der Waals surface area contributed by atoms with Crippen LogP contribution in [0.5, 0.6) is 0 Å². The maximum Gasteiger partial charge on any atom is 0.325 e. The van der Waals surface area contributed by atoms with Gasteiger partial charge in [-0.3, -0.25) is 14.5 Å². The van der Waals surface area contributed by atoms with Crippen LogP contribution in [0.4, 0.5) is 4.79 Å². The molecule has 3 amide bonds. The lowest BCUT2D eigenvalue weighted by Crippen LogP contribution is -2.51. The molecule has 0 bridgehead atoms. The molecule has 1 aliphatic heterocycles. The van der Waals surface area contributed by atoms with Gasteiger partial charge in [-0.25, -0.2) is 4.79 Å². The fourth-order valence-corrected chi connectivity index (χ4v) is 4.66. The molecule has 1 heterocycles. The average Bonchev–Trinajstić information content (AvgIpc) is 2.79. The van der Waals surface area contributed by atoms with E-state index in [0.29, 0.717) is 5.56 Å². The van der Waals surface area contributed by atoms with E-state index >= 15 is 0 Å². The van der Waals surface area contributed by atoms with E-state index in [0.717, 1.165) is 47.3 Å². The van der Waals surface area contributed by atoms with Crippen LogP contribution in [0.25, 0.3) is 0 Å². The molecule has 1 saturated heterocycles. The van der Waals surface area contributed by atoms with Crippen molar-refractivity contribution in [2.45, 2.75) is 65.3 Å². The Kier molecular flexibility index (Phi) is 4.91. The lowest BCUT2D eigenvalue weighted by atomic mass is 9.75. The molecule has 3 rings (SSSR count). The lowest BCUT2D eigenvalue weighted by Gasteiger charge is -2.34. The minimum Gasteiger partial charge on any atom is -0.323 e. The van der Waals surface area contributed by atoms with Crippen LogP contribution in [-0.4, -0.2) is 34.7 Å². The Balaban J connectivity index is 1.81. The number of ketones is 1. The first-order chi connectivity index (χ1) is 12.2. The molecule has 5 nitrogen and oxygen atoms in total. The number of imide groups is 1. The lowest BCUT2D eigenvalue weighted by molar-refractivity contribution is -0.132. The highest BCUT2D eigenvalue weighted by Crippen LogP contribution is 2.36. The summed E-state index contributed by atoms with van der Waals surface area (Å²) in [6, 6.07) is 3.47. The first-order valence-electron chi connectivity index (χ1n) is 9.49. The molecule has 26 heavy (non-hydrogen) atoms. The second-order valence-corrected chi connectivity index (χ2v) is 8.06. The second-order valence-electron chi connectivity index (χ2n) is 8.06. The molecule has 0 aromatic heterocycles. The Morgan fingerprint density at radius 1 is 1.12 bits per heavy atom. The molecular weight excluding hydrogens is 328 g/mol. The maximum atomic E-state index is 13.0. The highest BCUT2D eigenvalue weighted by molar-refractivity contribution is 6.11. The Hall–Kier alpha value is -2.17. The predicted octanol–water partition coefficient (Wildman–Crippen LogP) is 3.69. The van der Waals surface area contributed by atoms with Crippen molar-refractivity contribution < 1.29 is 14.4 Å². The van der Waals surface area contributed by atoms with Gasteiger partial charge in [-0.15, -0.1) is 0 Å². The standard InChI is InChI=1S/C21H28N2O3/c1-13-10-14(2)18(15(3)11-13)17(24)12-23-19(25)21(4,22-20(23)26)16-8-6-5-7-9-16/h10-11,16H,5-9,12H2,1-4H3,(H,22,26)/t21-/m1/s1. The zero-order chi connectivity index (χ0) is 19.1. The number of Topliss-reactive ketones (excluding diaryl/α,β-unsaturated/α-hetero) is 1. The van der Waals surface area contributed by atoms with Gasteiger partial charge in [0.15, 0.2) is 5.78 Å². The fraction of sp³-hybridized carbons (Fsp3) is 0.571. The van der Waals surface area contributed by atoms with Crippen LogP contribution < -0.4 is 5.32 Å². The van der Waals surface area contributed by atoms with Gasteiger partial charge in [0.25, 0.3) is 5.91 Å². The van der Waals surface area contributed by atoms with Crippen molar-refractivity contribution in [2.24, 2.45) is 5.92 Å². The number of nitrogens with one attached hydrogen (secondary N) is 1. The van der Waals surface area contributed by atoms with E-state index < -0.39 is 11.6 Å². The molecule has 1 N–H and O–H groups in total. The number of carbonyl (C=O) groups is 3. The van der Waals surface area contributed by atoms with Gasteiger partial charge in [0.05, 0.1) is 6.54 Å². The smallest absolute Gasteiger partial charge is 0.323 e. The summed E-state index contributed by atoms with van der Waals surface area (Å²) in [4.78, 5) is 39.5. The average molecular weight is 356 g/mol. The van der Waals surface area contributed by atoms with E-state index in [1.54, 1.807) is 0 Å². The Morgan fingerprint density at radius 2 is 1.69 bits per heavy atom. The highest BCUT2D eigenvalue weighted by Gasteiger charge is 2.52. The van der Waals surface area contributed by atoms with Crippen LogP contribution in [0, 0.1) is 26.7 Å². The number of rotatable bonds is 4. The third-order valence-corrected chi connectivity index (χ3v) is 5.98. The van der Waals surface area contributed by atoms with E-state index in [1.807, 2.05) is 39.8 Å². The monoisotopic (exact) mass is 356 g/mol. The predicted molar refractivity (Wildman–Crippen MR) is 100 cm³/mol. The Bertz CT molecular complexity index is 742. The van der Waals surface area contributed by atoms with Gasteiger partial charge in [-0.05, 0) is 57.6 Å². The van der Waals surface area contributed by atoms with Crippen LogP contribution in [0.1, 0.15) is 66.1 Å². The van der Waals surface area contributed by atoms with Crippen molar-refractivity contribution in [2.75, 3.05) is 6.54 Å². The maximum absolute atomic E-state index is 13.0. The molecular formula is C21H28N2O3. The number of benzene rings is 1. The van der Waals surface area contributed by atoms with E-state index in [9.17, 15) is 14.4 Å². The molecule has 0 radical (unpaired) electrons. The van der Waals surface area contributed by atoms with Gasteiger partial charge in [0.2, 0.25) is 0 Å². The number of urea groups is 1. The van der Waals surface area contributed by atoms with Gasteiger partial charge in [0, 0.05) is 5.56 Å². The zero-order valence-electron chi connectivity index (χ0n) is 16.1. The molecule has 5 heteroatoms. The number of hydrogen-bond acceptors (Lipinski definition) is 3. The SMILES string of the molecule is Cc1cc(C)c(C(=O)CN2C(=O)N[C@](C)(C3CCCCC3)C2=O)c(C)c1. The summed E-state index contributed by atoms with van der Waals surface area (Å²) in [5, 5.41) is 2.88. The molecule has 1 aliphatic carbocycles. The third kappa shape index (κ3) is 3.15. The van der Waals surface area contributed by atoms with E-state index in [2.05, 4.69) is 5.32 Å². The van der Waals surface area contributed by atoms with Gasteiger partial charge in [-0.1, -0.05) is 37.0 Å². The quantitative estimate of drug-likeness (QED) is 0.661. The normalized spacial score (nSPS) is 24.1. The number of carbonyl (C=O) groups excluding carboxylic acids is 3. The molecule has 1 saturated carbocycles. The van der Waals surface area contributed by atoms with Gasteiger partial charge in [0.1, 0.15) is 5.54 Å². The number of aryl methyl sites for hydroxylation is 3.